The van der Waals surface area contributed by atoms with Crippen molar-refractivity contribution >= 4 is 0 Å². The smallest absolute Gasteiger partial charge is 0.0469 e. The molecule has 0 bridgehead atoms. The molecule has 1 unspecified atom stereocenters. The molecule has 1 heterocycles. The first-order chi connectivity index (χ1) is 9.38. The normalized spacial score (nSPS) is 23.0. The van der Waals surface area contributed by atoms with Crippen molar-refractivity contribution in [2.45, 2.75) is 44.1 Å². The van der Waals surface area contributed by atoms with Gasteiger partial charge in [0.25, 0.3) is 0 Å². The summed E-state index contributed by atoms with van der Waals surface area (Å²) < 4.78 is 5.48. The molecule has 19 heavy (non-hydrogen) atoms. The van der Waals surface area contributed by atoms with Crippen molar-refractivity contribution in [3.05, 3.63) is 35.4 Å². The Morgan fingerprint density at radius 3 is 2.26 bits per heavy atom. The van der Waals surface area contributed by atoms with Crippen molar-refractivity contribution in [3.63, 3.8) is 0 Å². The molecule has 104 valence electrons. The topological polar surface area (TPSA) is 21.3 Å². The maximum absolute atomic E-state index is 5.48. The van der Waals surface area contributed by atoms with Gasteiger partial charge in [0, 0.05) is 19.3 Å². The molecule has 1 N–H and O–H groups in total. The van der Waals surface area contributed by atoms with Crippen LogP contribution in [0, 0.1) is 5.92 Å². The maximum Gasteiger partial charge on any atom is 0.0469 e. The Labute approximate surface area is 116 Å². The van der Waals surface area contributed by atoms with E-state index in [1.54, 1.807) is 0 Å². The van der Waals surface area contributed by atoms with E-state index in [0.29, 0.717) is 12.0 Å². The lowest BCUT2D eigenvalue weighted by Gasteiger charge is -2.31. The number of hydrogen-bond donors (Lipinski definition) is 1. The Morgan fingerprint density at radius 1 is 1.05 bits per heavy atom. The zero-order chi connectivity index (χ0) is 13.1. The summed E-state index contributed by atoms with van der Waals surface area (Å²) >= 11 is 0. The molecule has 0 spiro atoms. The fourth-order valence-electron chi connectivity index (χ4n) is 3.44. The first-order valence-corrected chi connectivity index (χ1v) is 7.73. The van der Waals surface area contributed by atoms with Crippen molar-refractivity contribution in [2.24, 2.45) is 5.92 Å². The van der Waals surface area contributed by atoms with E-state index in [1.807, 2.05) is 0 Å². The molecule has 1 aliphatic heterocycles. The van der Waals surface area contributed by atoms with E-state index < -0.39 is 0 Å². The van der Waals surface area contributed by atoms with Gasteiger partial charge in [0.1, 0.15) is 0 Å². The second-order valence-electron chi connectivity index (χ2n) is 6.01. The Morgan fingerprint density at radius 2 is 1.74 bits per heavy atom. The van der Waals surface area contributed by atoms with Crippen molar-refractivity contribution in [2.75, 3.05) is 20.3 Å². The summed E-state index contributed by atoms with van der Waals surface area (Å²) in [7, 11) is 2.08. The summed E-state index contributed by atoms with van der Waals surface area (Å²) in [5.74, 6) is 1.55. The van der Waals surface area contributed by atoms with Gasteiger partial charge in [0.2, 0.25) is 0 Å². The molecule has 2 aliphatic rings. The van der Waals surface area contributed by atoms with Gasteiger partial charge in [-0.25, -0.2) is 0 Å². The molecule has 1 saturated heterocycles. The highest BCUT2D eigenvalue weighted by atomic mass is 16.5. The van der Waals surface area contributed by atoms with E-state index in [9.17, 15) is 0 Å². The third kappa shape index (κ3) is 2.85. The molecule has 1 aliphatic carbocycles. The van der Waals surface area contributed by atoms with E-state index in [-0.39, 0.29) is 0 Å². The summed E-state index contributed by atoms with van der Waals surface area (Å²) in [6.07, 6.45) is 6.53. The lowest BCUT2D eigenvalue weighted by Crippen LogP contribution is -2.30. The average molecular weight is 259 g/mol. The fourth-order valence-corrected chi connectivity index (χ4v) is 3.44. The molecule has 1 saturated carbocycles. The first kappa shape index (κ1) is 13.1. The van der Waals surface area contributed by atoms with Gasteiger partial charge in [0.05, 0.1) is 0 Å². The monoisotopic (exact) mass is 259 g/mol. The number of benzene rings is 1. The van der Waals surface area contributed by atoms with Gasteiger partial charge in [-0.1, -0.05) is 30.7 Å². The predicted molar refractivity (Wildman–Crippen MR) is 78.4 cm³/mol. The highest BCUT2D eigenvalue weighted by Gasteiger charge is 2.25. The molecule has 1 atom stereocenters. The van der Waals surface area contributed by atoms with Gasteiger partial charge in [-0.15, -0.1) is 0 Å². The van der Waals surface area contributed by atoms with Crippen LogP contribution in [0.5, 0.6) is 0 Å². The van der Waals surface area contributed by atoms with E-state index in [1.165, 1.54) is 43.2 Å². The minimum atomic E-state index is 0.486. The Kier molecular flexibility index (Phi) is 4.19. The van der Waals surface area contributed by atoms with Crippen LogP contribution >= 0.6 is 0 Å². The van der Waals surface area contributed by atoms with Crippen molar-refractivity contribution in [1.82, 2.24) is 5.32 Å². The van der Waals surface area contributed by atoms with Crippen LogP contribution < -0.4 is 5.32 Å². The summed E-state index contributed by atoms with van der Waals surface area (Å²) in [6.45, 7) is 1.84. The molecule has 1 aromatic rings. The van der Waals surface area contributed by atoms with Crippen molar-refractivity contribution < 1.29 is 4.74 Å². The molecule has 3 rings (SSSR count). The minimum absolute atomic E-state index is 0.486. The standard InChI is InChI=1S/C17H25NO/c1-18-17(16-9-11-19-12-10-16)15-7-5-14(6-8-15)13-3-2-4-13/h5-8,13,16-18H,2-4,9-12H2,1H3. The van der Waals surface area contributed by atoms with Crippen LogP contribution in [0.25, 0.3) is 0 Å². The third-order valence-electron chi connectivity index (χ3n) is 4.92. The third-order valence-corrected chi connectivity index (χ3v) is 4.92. The van der Waals surface area contributed by atoms with Gasteiger partial charge >= 0.3 is 0 Å². The summed E-state index contributed by atoms with van der Waals surface area (Å²) in [4.78, 5) is 0. The van der Waals surface area contributed by atoms with E-state index >= 15 is 0 Å². The highest BCUT2D eigenvalue weighted by molar-refractivity contribution is 5.28. The number of nitrogens with one attached hydrogen (secondary N) is 1. The summed E-state index contributed by atoms with van der Waals surface area (Å²) in [5.41, 5.74) is 2.98. The molecule has 2 heteroatoms. The lowest BCUT2D eigenvalue weighted by molar-refractivity contribution is 0.0546. The molecular weight excluding hydrogens is 234 g/mol. The van der Waals surface area contributed by atoms with Crippen molar-refractivity contribution in [1.29, 1.82) is 0 Å². The Hall–Kier alpha value is -0.860. The molecule has 1 aromatic carbocycles. The molecule has 2 nitrogen and oxygen atoms in total. The second kappa shape index (κ2) is 6.06. The molecule has 0 amide bonds. The Balaban J connectivity index is 1.71. The fraction of sp³-hybridized carbons (Fsp3) is 0.647. The van der Waals surface area contributed by atoms with Crippen molar-refractivity contribution in [3.8, 4) is 0 Å². The van der Waals surface area contributed by atoms with Gasteiger partial charge in [0.15, 0.2) is 0 Å². The lowest BCUT2D eigenvalue weighted by atomic mass is 9.79. The molecular formula is C17H25NO. The predicted octanol–water partition coefficient (Wildman–Crippen LogP) is 3.64. The van der Waals surface area contributed by atoms with Gasteiger partial charge in [-0.05, 0) is 55.7 Å². The second-order valence-corrected chi connectivity index (χ2v) is 6.01. The largest absolute Gasteiger partial charge is 0.381 e. The SMILES string of the molecule is CNC(c1ccc(C2CCC2)cc1)C1CCOCC1. The minimum Gasteiger partial charge on any atom is -0.381 e. The van der Waals surface area contributed by atoms with Crippen LogP contribution in [-0.4, -0.2) is 20.3 Å². The summed E-state index contributed by atoms with van der Waals surface area (Å²) in [6, 6.07) is 9.86. The summed E-state index contributed by atoms with van der Waals surface area (Å²) in [5, 5.41) is 3.51. The average Bonchev–Trinajstić information content (AvgIpc) is 2.41. The first-order valence-electron chi connectivity index (χ1n) is 7.73. The zero-order valence-corrected chi connectivity index (χ0v) is 11.9. The van der Waals surface area contributed by atoms with Crippen LogP contribution in [0.2, 0.25) is 0 Å². The van der Waals surface area contributed by atoms with Gasteiger partial charge < -0.3 is 10.1 Å². The number of hydrogen-bond acceptors (Lipinski definition) is 2. The van der Waals surface area contributed by atoms with Gasteiger partial charge in [-0.2, -0.15) is 0 Å². The quantitative estimate of drug-likeness (QED) is 0.891. The van der Waals surface area contributed by atoms with Crippen LogP contribution in [0.4, 0.5) is 0 Å². The van der Waals surface area contributed by atoms with E-state index in [4.69, 9.17) is 4.74 Å². The highest BCUT2D eigenvalue weighted by Crippen LogP contribution is 2.37. The van der Waals surface area contributed by atoms with Crippen LogP contribution in [-0.2, 0) is 4.74 Å². The molecule has 2 fully saturated rings. The van der Waals surface area contributed by atoms with Crippen LogP contribution in [0.1, 0.15) is 55.2 Å². The Bertz CT molecular complexity index is 390. The van der Waals surface area contributed by atoms with Crippen LogP contribution in [0.15, 0.2) is 24.3 Å². The maximum atomic E-state index is 5.48. The molecule has 0 radical (unpaired) electrons. The number of rotatable bonds is 4. The van der Waals surface area contributed by atoms with E-state index in [0.717, 1.165) is 19.1 Å². The zero-order valence-electron chi connectivity index (χ0n) is 11.9. The van der Waals surface area contributed by atoms with Crippen LogP contribution in [0.3, 0.4) is 0 Å². The number of ether oxygens (including phenoxy) is 1. The molecule has 0 aromatic heterocycles. The van der Waals surface area contributed by atoms with Gasteiger partial charge in [-0.3, -0.25) is 0 Å². The van der Waals surface area contributed by atoms with E-state index in [2.05, 4.69) is 36.6 Å².